The Morgan fingerprint density at radius 1 is 1.56 bits per heavy atom. The Hall–Kier alpha value is -0.490. The van der Waals surface area contributed by atoms with Crippen LogP contribution in [0.15, 0.2) is 0 Å². The first-order valence-electron chi connectivity index (χ1n) is 5.82. The Kier molecular flexibility index (Phi) is 2.93. The number of rotatable bonds is 1. The Morgan fingerprint density at radius 2 is 2.50 bits per heavy atom. The van der Waals surface area contributed by atoms with Crippen molar-refractivity contribution in [3.05, 3.63) is 15.6 Å². The van der Waals surface area contributed by atoms with Crippen molar-refractivity contribution in [2.75, 3.05) is 33.3 Å². The van der Waals surface area contributed by atoms with Crippen LogP contribution in [0.25, 0.3) is 0 Å². The van der Waals surface area contributed by atoms with Crippen LogP contribution in [0.3, 0.4) is 0 Å². The van der Waals surface area contributed by atoms with Gasteiger partial charge in [0, 0.05) is 37.5 Å². The van der Waals surface area contributed by atoms with Gasteiger partial charge in [0.1, 0.15) is 11.1 Å². The first-order valence-corrected chi connectivity index (χ1v) is 6.64. The summed E-state index contributed by atoms with van der Waals surface area (Å²) in [5, 5.41) is 4.55. The number of nitrogens with zero attached hydrogens (tertiary/aromatic N) is 2. The molecule has 1 unspecified atom stereocenters. The predicted octanol–water partition coefficient (Wildman–Crippen LogP) is 0.792. The molecule has 3 rings (SSSR count). The highest BCUT2D eigenvalue weighted by molar-refractivity contribution is 7.11. The highest BCUT2D eigenvalue weighted by atomic mass is 32.1. The third-order valence-corrected chi connectivity index (χ3v) is 4.35. The van der Waals surface area contributed by atoms with E-state index in [9.17, 15) is 0 Å². The molecule has 1 N–H and O–H groups in total. The van der Waals surface area contributed by atoms with Crippen LogP contribution in [-0.2, 0) is 17.7 Å². The lowest BCUT2D eigenvalue weighted by molar-refractivity contribution is -0.0210. The van der Waals surface area contributed by atoms with Gasteiger partial charge in [-0.05, 0) is 7.05 Å². The van der Waals surface area contributed by atoms with Crippen molar-refractivity contribution in [1.82, 2.24) is 15.2 Å². The number of likely N-dealkylation sites (N-methyl/N-ethyl adjacent to an activating group) is 1. The van der Waals surface area contributed by atoms with Crippen LogP contribution >= 0.6 is 11.3 Å². The van der Waals surface area contributed by atoms with E-state index in [1.54, 1.807) is 0 Å². The van der Waals surface area contributed by atoms with Crippen LogP contribution in [0, 0.1) is 0 Å². The fraction of sp³-hybridized carbons (Fsp3) is 0.727. The summed E-state index contributed by atoms with van der Waals surface area (Å²) in [7, 11) is 2.14. The number of aromatic nitrogens is 1. The topological polar surface area (TPSA) is 37.4 Å². The molecule has 5 heteroatoms. The molecule has 0 bridgehead atoms. The van der Waals surface area contributed by atoms with E-state index in [0.717, 1.165) is 39.2 Å². The van der Waals surface area contributed by atoms with Crippen LogP contribution in [0.5, 0.6) is 0 Å². The van der Waals surface area contributed by atoms with Crippen LogP contribution in [0.4, 0.5) is 0 Å². The van der Waals surface area contributed by atoms with Crippen LogP contribution in [0.1, 0.15) is 21.7 Å². The van der Waals surface area contributed by atoms with Crippen molar-refractivity contribution in [3.8, 4) is 0 Å². The van der Waals surface area contributed by atoms with Gasteiger partial charge in [-0.25, -0.2) is 4.98 Å². The third kappa shape index (κ3) is 2.00. The molecule has 1 fully saturated rings. The number of hydrogen-bond donors (Lipinski definition) is 1. The van der Waals surface area contributed by atoms with Gasteiger partial charge in [-0.3, -0.25) is 0 Å². The summed E-state index contributed by atoms with van der Waals surface area (Å²) < 4.78 is 5.80. The quantitative estimate of drug-likeness (QED) is 0.786. The molecular weight excluding hydrogens is 222 g/mol. The zero-order valence-electron chi connectivity index (χ0n) is 9.53. The molecule has 1 saturated heterocycles. The smallest absolute Gasteiger partial charge is 0.123 e. The van der Waals surface area contributed by atoms with E-state index in [1.807, 2.05) is 11.3 Å². The van der Waals surface area contributed by atoms with Gasteiger partial charge in [0.2, 0.25) is 0 Å². The number of hydrogen-bond acceptors (Lipinski definition) is 5. The number of fused-ring (bicyclic) bond motifs is 1. The summed E-state index contributed by atoms with van der Waals surface area (Å²) in [4.78, 5) is 8.45. The fourth-order valence-corrected chi connectivity index (χ4v) is 3.33. The van der Waals surface area contributed by atoms with Crippen molar-refractivity contribution >= 4 is 11.3 Å². The molecule has 1 atom stereocenters. The zero-order valence-corrected chi connectivity index (χ0v) is 10.3. The maximum Gasteiger partial charge on any atom is 0.123 e. The third-order valence-electron chi connectivity index (χ3n) is 3.16. The molecule has 0 amide bonds. The average molecular weight is 239 g/mol. The summed E-state index contributed by atoms with van der Waals surface area (Å²) in [5.74, 6) is 0. The molecule has 0 saturated carbocycles. The molecule has 0 aliphatic carbocycles. The minimum Gasteiger partial charge on any atom is -0.368 e. The predicted molar refractivity (Wildman–Crippen MR) is 63.7 cm³/mol. The number of nitrogens with one attached hydrogen (secondary N) is 1. The summed E-state index contributed by atoms with van der Waals surface area (Å²) in [6.07, 6.45) is 1.25. The summed E-state index contributed by atoms with van der Waals surface area (Å²) >= 11 is 1.82. The Bertz CT molecular complexity index is 356. The SMILES string of the molecule is CN1CCOC(c2nc3c(s2)CNCC3)C1. The molecule has 1 aromatic heterocycles. The van der Waals surface area contributed by atoms with Gasteiger partial charge in [-0.2, -0.15) is 0 Å². The van der Waals surface area contributed by atoms with Crippen LogP contribution in [-0.4, -0.2) is 43.2 Å². The minimum absolute atomic E-state index is 0.189. The van der Waals surface area contributed by atoms with Crippen molar-refractivity contribution in [2.24, 2.45) is 0 Å². The van der Waals surface area contributed by atoms with Gasteiger partial charge in [-0.15, -0.1) is 11.3 Å². The maximum absolute atomic E-state index is 5.80. The summed E-state index contributed by atoms with van der Waals surface area (Å²) in [6, 6.07) is 0. The van der Waals surface area contributed by atoms with E-state index < -0.39 is 0 Å². The van der Waals surface area contributed by atoms with Gasteiger partial charge in [0.25, 0.3) is 0 Å². The van der Waals surface area contributed by atoms with Gasteiger partial charge in [-0.1, -0.05) is 0 Å². The molecule has 0 aromatic carbocycles. The van der Waals surface area contributed by atoms with Crippen molar-refractivity contribution in [1.29, 1.82) is 0 Å². The van der Waals surface area contributed by atoms with Gasteiger partial charge in [0.05, 0.1) is 12.3 Å². The second kappa shape index (κ2) is 4.41. The number of morpholine rings is 1. The first kappa shape index (κ1) is 10.7. The second-order valence-electron chi connectivity index (χ2n) is 4.47. The standard InChI is InChI=1S/C11H17N3OS/c1-14-4-5-15-9(7-14)11-13-8-2-3-12-6-10(8)16-11/h9,12H,2-7H2,1H3. The van der Waals surface area contributed by atoms with Crippen LogP contribution in [0.2, 0.25) is 0 Å². The minimum atomic E-state index is 0.189. The lowest BCUT2D eigenvalue weighted by Crippen LogP contribution is -2.35. The van der Waals surface area contributed by atoms with E-state index in [4.69, 9.17) is 9.72 Å². The maximum atomic E-state index is 5.80. The monoisotopic (exact) mass is 239 g/mol. The van der Waals surface area contributed by atoms with E-state index in [1.165, 1.54) is 15.6 Å². The van der Waals surface area contributed by atoms with Crippen molar-refractivity contribution in [3.63, 3.8) is 0 Å². The fourth-order valence-electron chi connectivity index (χ4n) is 2.21. The molecule has 4 nitrogen and oxygen atoms in total. The summed E-state index contributed by atoms with van der Waals surface area (Å²) in [5.41, 5.74) is 1.29. The van der Waals surface area contributed by atoms with Gasteiger partial charge in [0.15, 0.2) is 0 Å². The molecular formula is C11H17N3OS. The average Bonchev–Trinajstić information content (AvgIpc) is 2.72. The summed E-state index contributed by atoms with van der Waals surface area (Å²) in [6.45, 7) is 4.86. The van der Waals surface area contributed by atoms with Gasteiger partial charge >= 0.3 is 0 Å². The lowest BCUT2D eigenvalue weighted by atomic mass is 10.2. The highest BCUT2D eigenvalue weighted by Gasteiger charge is 2.25. The zero-order chi connectivity index (χ0) is 11.0. The molecule has 2 aliphatic heterocycles. The largest absolute Gasteiger partial charge is 0.368 e. The Labute approximate surface area is 99.6 Å². The van der Waals surface area contributed by atoms with E-state index in [-0.39, 0.29) is 6.10 Å². The molecule has 3 heterocycles. The van der Waals surface area contributed by atoms with E-state index >= 15 is 0 Å². The van der Waals surface area contributed by atoms with E-state index in [0.29, 0.717) is 0 Å². The highest BCUT2D eigenvalue weighted by Crippen LogP contribution is 2.29. The molecule has 88 valence electrons. The first-order chi connectivity index (χ1) is 7.83. The Morgan fingerprint density at radius 3 is 3.31 bits per heavy atom. The molecule has 1 aromatic rings. The number of thiazole rings is 1. The normalized spacial score (nSPS) is 26.7. The molecule has 2 aliphatic rings. The van der Waals surface area contributed by atoms with Crippen LogP contribution < -0.4 is 5.32 Å². The molecule has 16 heavy (non-hydrogen) atoms. The lowest BCUT2D eigenvalue weighted by Gasteiger charge is -2.28. The van der Waals surface area contributed by atoms with Crippen molar-refractivity contribution < 1.29 is 4.74 Å². The number of ether oxygens (including phenoxy) is 1. The van der Waals surface area contributed by atoms with E-state index in [2.05, 4.69) is 17.3 Å². The molecule has 0 spiro atoms. The Balaban J connectivity index is 1.80. The molecule has 0 radical (unpaired) electrons. The van der Waals surface area contributed by atoms with Crippen molar-refractivity contribution in [2.45, 2.75) is 19.1 Å². The second-order valence-corrected chi connectivity index (χ2v) is 5.59. The van der Waals surface area contributed by atoms with Gasteiger partial charge < -0.3 is 15.0 Å².